The molecule has 1 saturated carbocycles. The number of ether oxygens (including phenoxy) is 4. The maximum absolute atomic E-state index is 15.3. The molecule has 6 heterocycles. The van der Waals surface area contributed by atoms with Gasteiger partial charge < -0.3 is 38.8 Å². The summed E-state index contributed by atoms with van der Waals surface area (Å²) in [5.74, 6) is -0.578. The molecule has 2 N–H and O–H groups in total. The highest BCUT2D eigenvalue weighted by Gasteiger charge is 2.80. The Hall–Kier alpha value is -4.39. The molecule has 9 rings (SSSR count). The van der Waals surface area contributed by atoms with Crippen LogP contribution >= 0.6 is 0 Å². The zero-order valence-corrected chi connectivity index (χ0v) is 34.9. The molecule has 5 aliphatic heterocycles. The first kappa shape index (κ1) is 39.1. The van der Waals surface area contributed by atoms with E-state index in [4.69, 9.17) is 18.9 Å². The second-order valence-electron chi connectivity index (χ2n) is 18.0. The summed E-state index contributed by atoms with van der Waals surface area (Å²) in [6.07, 6.45) is 7.33. The molecule has 12 heteroatoms. The lowest BCUT2D eigenvalue weighted by Gasteiger charge is -2.63. The van der Waals surface area contributed by atoms with Crippen LogP contribution in [0, 0.1) is 17.3 Å². The molecule has 2 saturated heterocycles. The molecule has 0 radical (unpaired) electrons. The summed E-state index contributed by atoms with van der Waals surface area (Å²) >= 11 is 0. The molecular formula is C46H58N4O8. The lowest BCUT2D eigenvalue weighted by atomic mass is 9.47. The standard InChI is InChI=1S/C46H58N4O8/c1-8-28-21-29-24-45(41(52)56-6,37-31(15-19-49(25-28)26-29)30-13-10-11-14-34(30)47-37)33-22-32-35(23-36(33)55-5)48(4)39-44(32)17-20-50-18-12-16-43(9-2,38(44)50)40(58-27(3)51)46(39,54)42(53)57-7/h10-14,16,22-23,28-29,38-40,47,54H,8-9,15,17-21,24-26H2,1-7H3/t28-,29-,38+,39-,40-,43-,44-,45-,46+/m1/s1. The van der Waals surface area contributed by atoms with Crippen LogP contribution in [0.1, 0.15) is 75.3 Å². The van der Waals surface area contributed by atoms with Crippen LogP contribution in [0.2, 0.25) is 0 Å². The normalized spacial score (nSPS) is 36.1. The SMILES string of the molecule is CC[C@@H]1C[C@H]2CN(CCc3c([nH]c4ccccc34)[C@](C(=O)OC)(c3cc4c(cc3OC)N(C)[C@H]3[C@@](O)(C(=O)OC)[C@H](OC(C)=O)[C@]5(CC)C=CCN6CC[C@]43[C@@H]65)C2)C1. The van der Waals surface area contributed by atoms with Gasteiger partial charge in [0.25, 0.3) is 0 Å². The number of piperidine rings is 1. The summed E-state index contributed by atoms with van der Waals surface area (Å²) in [6, 6.07) is 11.3. The molecule has 0 amide bonds. The number of nitrogens with zero attached hydrogens (tertiary/aromatic N) is 3. The van der Waals surface area contributed by atoms with Gasteiger partial charge in [0.05, 0.1) is 27.4 Å². The number of benzene rings is 2. The van der Waals surface area contributed by atoms with Gasteiger partial charge in [0.15, 0.2) is 6.10 Å². The highest BCUT2D eigenvalue weighted by Crippen LogP contribution is 2.68. The van der Waals surface area contributed by atoms with E-state index in [-0.39, 0.29) is 17.9 Å². The highest BCUT2D eigenvalue weighted by molar-refractivity contribution is 5.95. The molecule has 1 spiro atoms. The number of rotatable bonds is 7. The van der Waals surface area contributed by atoms with E-state index in [1.807, 2.05) is 31.0 Å². The third-order valence-corrected chi connectivity index (χ3v) is 15.5. The fraction of sp³-hybridized carbons (Fsp3) is 0.587. The predicted octanol–water partition coefficient (Wildman–Crippen LogP) is 4.88. The molecule has 10 atom stereocenters. The van der Waals surface area contributed by atoms with Gasteiger partial charge in [0.2, 0.25) is 5.60 Å². The van der Waals surface area contributed by atoms with Crippen LogP contribution in [0.5, 0.6) is 5.75 Å². The minimum Gasteiger partial charge on any atom is -0.496 e. The Balaban J connectivity index is 1.36. The van der Waals surface area contributed by atoms with Crippen LogP contribution in [-0.4, -0.2) is 123 Å². The van der Waals surface area contributed by atoms with Crippen molar-refractivity contribution in [2.75, 3.05) is 66.0 Å². The fourth-order valence-electron chi connectivity index (χ4n) is 13.5. The van der Waals surface area contributed by atoms with Crippen molar-refractivity contribution >= 4 is 34.5 Å². The molecule has 1 aliphatic carbocycles. The minimum atomic E-state index is -2.27. The van der Waals surface area contributed by atoms with E-state index in [1.165, 1.54) is 21.1 Å². The lowest BCUT2D eigenvalue weighted by Crippen LogP contribution is -2.81. The van der Waals surface area contributed by atoms with E-state index in [0.29, 0.717) is 49.6 Å². The topological polar surface area (TPSA) is 134 Å². The van der Waals surface area contributed by atoms with Crippen LogP contribution in [0.15, 0.2) is 48.6 Å². The number of methoxy groups -OCH3 is 3. The van der Waals surface area contributed by atoms with E-state index in [9.17, 15) is 14.7 Å². The first-order chi connectivity index (χ1) is 27.9. The van der Waals surface area contributed by atoms with Gasteiger partial charge in [-0.3, -0.25) is 14.5 Å². The molecule has 2 bridgehead atoms. The van der Waals surface area contributed by atoms with Gasteiger partial charge in [0.1, 0.15) is 11.2 Å². The number of hydrogen-bond acceptors (Lipinski definition) is 11. The molecular weight excluding hydrogens is 737 g/mol. The van der Waals surface area contributed by atoms with Crippen LogP contribution in [0.4, 0.5) is 5.69 Å². The minimum absolute atomic E-state index is 0.184. The van der Waals surface area contributed by atoms with Gasteiger partial charge >= 0.3 is 17.9 Å². The Kier molecular flexibility index (Phi) is 9.33. The first-order valence-corrected chi connectivity index (χ1v) is 21.2. The maximum Gasteiger partial charge on any atom is 0.344 e. The van der Waals surface area contributed by atoms with Crippen molar-refractivity contribution in [1.82, 2.24) is 14.8 Å². The van der Waals surface area contributed by atoms with E-state index in [2.05, 4.69) is 58.1 Å². The number of esters is 3. The Bertz CT molecular complexity index is 2200. The second-order valence-corrected chi connectivity index (χ2v) is 18.0. The number of likely N-dealkylation sites (N-methyl/N-ethyl adjacent to an activating group) is 1. The van der Waals surface area contributed by atoms with E-state index >= 15 is 4.79 Å². The van der Waals surface area contributed by atoms with Crippen molar-refractivity contribution in [2.24, 2.45) is 17.3 Å². The second kappa shape index (κ2) is 13.8. The third kappa shape index (κ3) is 5.00. The van der Waals surface area contributed by atoms with E-state index in [1.54, 1.807) is 7.11 Å². The highest BCUT2D eigenvalue weighted by atomic mass is 16.6. The quantitative estimate of drug-likeness (QED) is 0.193. The number of carbonyl (C=O) groups is 3. The monoisotopic (exact) mass is 794 g/mol. The molecule has 1 unspecified atom stereocenters. The van der Waals surface area contributed by atoms with Crippen LogP contribution in [-0.2, 0) is 45.8 Å². The summed E-state index contributed by atoms with van der Waals surface area (Å²) < 4.78 is 24.0. The lowest BCUT2D eigenvalue weighted by molar-refractivity contribution is -0.228. The Labute approximate surface area is 340 Å². The van der Waals surface area contributed by atoms with Gasteiger partial charge in [-0.15, -0.1) is 0 Å². The van der Waals surface area contributed by atoms with Crippen LogP contribution in [0.3, 0.4) is 0 Å². The molecule has 12 nitrogen and oxygen atoms in total. The van der Waals surface area contributed by atoms with Gasteiger partial charge in [-0.05, 0) is 73.7 Å². The first-order valence-electron chi connectivity index (χ1n) is 21.2. The maximum atomic E-state index is 15.3. The van der Waals surface area contributed by atoms with Crippen LogP contribution < -0.4 is 9.64 Å². The summed E-state index contributed by atoms with van der Waals surface area (Å²) in [5, 5.41) is 14.4. The zero-order chi connectivity index (χ0) is 40.9. The van der Waals surface area contributed by atoms with Crippen molar-refractivity contribution in [3.05, 3.63) is 70.9 Å². The van der Waals surface area contributed by atoms with Crippen molar-refractivity contribution in [2.45, 2.75) is 93.9 Å². The smallest absolute Gasteiger partial charge is 0.344 e. The molecule has 58 heavy (non-hydrogen) atoms. The number of carbonyl (C=O) groups excluding carboxylic acids is 3. The number of anilines is 1. The molecule has 2 aromatic carbocycles. The number of nitrogens with one attached hydrogen (secondary N) is 1. The van der Waals surface area contributed by atoms with Crippen molar-refractivity contribution < 1.29 is 38.4 Å². The average Bonchev–Trinajstić information content (AvgIpc) is 3.89. The number of aromatic nitrogens is 1. The van der Waals surface area contributed by atoms with Crippen molar-refractivity contribution in [3.8, 4) is 5.75 Å². The Morgan fingerprint density at radius 3 is 2.47 bits per heavy atom. The molecule has 310 valence electrons. The van der Waals surface area contributed by atoms with E-state index in [0.717, 1.165) is 72.3 Å². The van der Waals surface area contributed by atoms with Crippen molar-refractivity contribution in [3.63, 3.8) is 0 Å². The van der Waals surface area contributed by atoms with Gasteiger partial charge in [-0.25, -0.2) is 4.79 Å². The number of aliphatic hydroxyl groups is 1. The number of hydrogen-bond donors (Lipinski definition) is 2. The largest absolute Gasteiger partial charge is 0.496 e. The van der Waals surface area contributed by atoms with Crippen LogP contribution in [0.25, 0.3) is 10.9 Å². The van der Waals surface area contributed by atoms with Crippen molar-refractivity contribution in [1.29, 1.82) is 0 Å². The predicted molar refractivity (Wildman–Crippen MR) is 219 cm³/mol. The summed E-state index contributed by atoms with van der Waals surface area (Å²) in [7, 11) is 6.28. The summed E-state index contributed by atoms with van der Waals surface area (Å²) in [6.45, 7) is 9.79. The molecule has 3 fully saturated rings. The number of aromatic amines is 1. The fourth-order valence-corrected chi connectivity index (χ4v) is 13.5. The zero-order valence-electron chi connectivity index (χ0n) is 34.9. The molecule has 6 aliphatic rings. The summed E-state index contributed by atoms with van der Waals surface area (Å²) in [5.41, 5.74) is -0.0554. The third-order valence-electron chi connectivity index (χ3n) is 15.5. The number of H-pyrrole nitrogens is 1. The van der Waals surface area contributed by atoms with Gasteiger partial charge in [-0.1, -0.05) is 50.6 Å². The molecule has 1 aromatic heterocycles. The Morgan fingerprint density at radius 2 is 1.76 bits per heavy atom. The van der Waals surface area contributed by atoms with Gasteiger partial charge in [0, 0.05) is 90.9 Å². The van der Waals surface area contributed by atoms with E-state index < -0.39 is 45.9 Å². The Morgan fingerprint density at radius 1 is 0.983 bits per heavy atom. The molecule has 3 aromatic rings. The number of para-hydroxylation sites is 1. The van der Waals surface area contributed by atoms with Gasteiger partial charge in [-0.2, -0.15) is 0 Å². The number of fused-ring (bicyclic) bond motifs is 6. The average molecular weight is 795 g/mol. The summed E-state index contributed by atoms with van der Waals surface area (Å²) in [4.78, 5) is 53.5.